The van der Waals surface area contributed by atoms with E-state index < -0.39 is 12.2 Å². The average Bonchev–Trinajstić information content (AvgIpc) is 2.24. The van der Waals surface area contributed by atoms with Crippen LogP contribution in [0, 0.1) is 0 Å². The SMILES string of the molecule is CC(C)(C)c1ccc(CCC(N)C(F)(F)F)cc1. The highest BCUT2D eigenvalue weighted by Gasteiger charge is 2.35. The van der Waals surface area contributed by atoms with Crippen molar-refractivity contribution in [2.24, 2.45) is 5.73 Å². The van der Waals surface area contributed by atoms with Crippen molar-refractivity contribution in [1.82, 2.24) is 0 Å². The van der Waals surface area contributed by atoms with Gasteiger partial charge in [0, 0.05) is 0 Å². The van der Waals surface area contributed by atoms with Crippen molar-refractivity contribution in [3.63, 3.8) is 0 Å². The summed E-state index contributed by atoms with van der Waals surface area (Å²) in [6.45, 7) is 6.30. The molecule has 102 valence electrons. The second-order valence-corrected chi connectivity index (χ2v) is 5.63. The summed E-state index contributed by atoms with van der Waals surface area (Å²) in [5.41, 5.74) is 7.19. The number of nitrogens with two attached hydrogens (primary N) is 1. The second kappa shape index (κ2) is 5.31. The Morgan fingerprint density at radius 3 is 1.94 bits per heavy atom. The quantitative estimate of drug-likeness (QED) is 0.877. The van der Waals surface area contributed by atoms with Crippen LogP contribution in [0.2, 0.25) is 0 Å². The molecule has 1 unspecified atom stereocenters. The van der Waals surface area contributed by atoms with Gasteiger partial charge in [0.05, 0.1) is 0 Å². The van der Waals surface area contributed by atoms with Crippen LogP contribution in [0.5, 0.6) is 0 Å². The van der Waals surface area contributed by atoms with Crippen LogP contribution in [0.1, 0.15) is 38.3 Å². The molecule has 0 aromatic heterocycles. The lowest BCUT2D eigenvalue weighted by molar-refractivity contribution is -0.148. The molecular weight excluding hydrogens is 239 g/mol. The first-order valence-electron chi connectivity index (χ1n) is 6.02. The molecule has 0 heterocycles. The van der Waals surface area contributed by atoms with Gasteiger partial charge in [-0.05, 0) is 29.4 Å². The number of rotatable bonds is 3. The number of benzene rings is 1. The van der Waals surface area contributed by atoms with E-state index in [1.54, 1.807) is 0 Å². The van der Waals surface area contributed by atoms with E-state index in [2.05, 4.69) is 20.8 Å². The Bertz CT molecular complexity index is 374. The molecule has 4 heteroatoms. The molecule has 0 radical (unpaired) electrons. The van der Waals surface area contributed by atoms with E-state index >= 15 is 0 Å². The Morgan fingerprint density at radius 1 is 1.06 bits per heavy atom. The molecule has 0 aliphatic rings. The summed E-state index contributed by atoms with van der Waals surface area (Å²) in [4.78, 5) is 0. The molecule has 0 bridgehead atoms. The van der Waals surface area contributed by atoms with Crippen LogP contribution in [0.15, 0.2) is 24.3 Å². The van der Waals surface area contributed by atoms with E-state index in [1.165, 1.54) is 5.56 Å². The lowest BCUT2D eigenvalue weighted by atomic mass is 9.86. The first-order chi connectivity index (χ1) is 8.10. The van der Waals surface area contributed by atoms with E-state index in [4.69, 9.17) is 5.73 Å². The van der Waals surface area contributed by atoms with Crippen LogP contribution < -0.4 is 5.73 Å². The fraction of sp³-hybridized carbons (Fsp3) is 0.571. The average molecular weight is 259 g/mol. The second-order valence-electron chi connectivity index (χ2n) is 5.63. The first-order valence-corrected chi connectivity index (χ1v) is 6.02. The van der Waals surface area contributed by atoms with E-state index in [9.17, 15) is 13.2 Å². The van der Waals surface area contributed by atoms with Gasteiger partial charge < -0.3 is 5.73 Å². The van der Waals surface area contributed by atoms with Gasteiger partial charge in [0.15, 0.2) is 0 Å². The van der Waals surface area contributed by atoms with Crippen LogP contribution in [-0.2, 0) is 11.8 Å². The summed E-state index contributed by atoms with van der Waals surface area (Å²) >= 11 is 0. The molecule has 1 aromatic carbocycles. The van der Waals surface area contributed by atoms with Gasteiger partial charge in [-0.3, -0.25) is 0 Å². The van der Waals surface area contributed by atoms with E-state index in [0.29, 0.717) is 6.42 Å². The number of halogens is 3. The van der Waals surface area contributed by atoms with Gasteiger partial charge >= 0.3 is 6.18 Å². The highest BCUT2D eigenvalue weighted by atomic mass is 19.4. The van der Waals surface area contributed by atoms with Crippen molar-refractivity contribution in [2.45, 2.75) is 51.2 Å². The molecule has 1 nitrogen and oxygen atoms in total. The molecule has 0 aliphatic heterocycles. The van der Waals surface area contributed by atoms with E-state index in [0.717, 1.165) is 5.56 Å². The monoisotopic (exact) mass is 259 g/mol. The van der Waals surface area contributed by atoms with Crippen LogP contribution in [-0.4, -0.2) is 12.2 Å². The van der Waals surface area contributed by atoms with Gasteiger partial charge in [0.1, 0.15) is 6.04 Å². The highest BCUT2D eigenvalue weighted by Crippen LogP contribution is 2.24. The summed E-state index contributed by atoms with van der Waals surface area (Å²) in [6.07, 6.45) is -4.02. The predicted molar refractivity (Wildman–Crippen MR) is 67.5 cm³/mol. The highest BCUT2D eigenvalue weighted by molar-refractivity contribution is 5.27. The van der Waals surface area contributed by atoms with Crippen molar-refractivity contribution < 1.29 is 13.2 Å². The molecule has 1 atom stereocenters. The maximum absolute atomic E-state index is 12.2. The Balaban J connectivity index is 2.60. The van der Waals surface area contributed by atoms with E-state index in [-0.39, 0.29) is 11.8 Å². The molecule has 0 saturated heterocycles. The Hall–Kier alpha value is -1.03. The minimum Gasteiger partial charge on any atom is -0.320 e. The van der Waals surface area contributed by atoms with Crippen LogP contribution >= 0.6 is 0 Å². The largest absolute Gasteiger partial charge is 0.403 e. The third-order valence-electron chi connectivity index (χ3n) is 2.98. The molecular formula is C14H20F3N. The van der Waals surface area contributed by atoms with Crippen molar-refractivity contribution in [1.29, 1.82) is 0 Å². The molecule has 0 fully saturated rings. The molecule has 0 aliphatic carbocycles. The maximum atomic E-state index is 12.2. The Morgan fingerprint density at radius 2 is 1.56 bits per heavy atom. The van der Waals surface area contributed by atoms with Gasteiger partial charge in [-0.1, -0.05) is 45.0 Å². The van der Waals surface area contributed by atoms with Gasteiger partial charge in [-0.15, -0.1) is 0 Å². The Kier molecular flexibility index (Phi) is 4.43. The van der Waals surface area contributed by atoms with Crippen LogP contribution in [0.3, 0.4) is 0 Å². The lowest BCUT2D eigenvalue weighted by Crippen LogP contribution is -2.37. The summed E-state index contributed by atoms with van der Waals surface area (Å²) in [7, 11) is 0. The zero-order chi connectivity index (χ0) is 14.0. The summed E-state index contributed by atoms with van der Waals surface area (Å²) < 4.78 is 36.7. The van der Waals surface area contributed by atoms with Crippen LogP contribution in [0.4, 0.5) is 13.2 Å². The third kappa shape index (κ3) is 4.33. The minimum atomic E-state index is -4.30. The van der Waals surface area contributed by atoms with Crippen molar-refractivity contribution in [3.05, 3.63) is 35.4 Å². The topological polar surface area (TPSA) is 26.0 Å². The summed E-state index contributed by atoms with van der Waals surface area (Å²) in [5, 5.41) is 0. The number of hydrogen-bond donors (Lipinski definition) is 1. The lowest BCUT2D eigenvalue weighted by Gasteiger charge is -2.19. The van der Waals surface area contributed by atoms with Gasteiger partial charge in [0.25, 0.3) is 0 Å². The molecule has 0 spiro atoms. The first kappa shape index (κ1) is 15.0. The smallest absolute Gasteiger partial charge is 0.320 e. The van der Waals surface area contributed by atoms with Gasteiger partial charge in [0.2, 0.25) is 0 Å². The maximum Gasteiger partial charge on any atom is 0.403 e. The summed E-state index contributed by atoms with van der Waals surface area (Å²) in [5.74, 6) is 0. The predicted octanol–water partition coefficient (Wildman–Crippen LogP) is 3.81. The Labute approximate surface area is 106 Å². The molecule has 0 saturated carbocycles. The van der Waals surface area contributed by atoms with Gasteiger partial charge in [-0.2, -0.15) is 13.2 Å². The minimum absolute atomic E-state index is 0.0565. The molecule has 0 amide bonds. The van der Waals surface area contributed by atoms with Crippen LogP contribution in [0.25, 0.3) is 0 Å². The number of hydrogen-bond acceptors (Lipinski definition) is 1. The van der Waals surface area contributed by atoms with Crippen molar-refractivity contribution in [3.8, 4) is 0 Å². The molecule has 1 rings (SSSR count). The fourth-order valence-corrected chi connectivity index (χ4v) is 1.66. The van der Waals surface area contributed by atoms with E-state index in [1.807, 2.05) is 24.3 Å². The fourth-order valence-electron chi connectivity index (χ4n) is 1.66. The number of aryl methyl sites for hydroxylation is 1. The number of alkyl halides is 3. The third-order valence-corrected chi connectivity index (χ3v) is 2.98. The molecule has 1 aromatic rings. The van der Waals surface area contributed by atoms with Gasteiger partial charge in [-0.25, -0.2) is 0 Å². The zero-order valence-electron chi connectivity index (χ0n) is 11.0. The standard InChI is InChI=1S/C14H20F3N/c1-13(2,3)11-7-4-10(5-8-11)6-9-12(18)14(15,16)17/h4-5,7-8,12H,6,9,18H2,1-3H3. The molecule has 2 N–H and O–H groups in total. The normalized spacial score (nSPS) is 14.6. The zero-order valence-corrected chi connectivity index (χ0v) is 11.0. The van der Waals surface area contributed by atoms with Crippen molar-refractivity contribution >= 4 is 0 Å². The molecule has 18 heavy (non-hydrogen) atoms. The van der Waals surface area contributed by atoms with Crippen molar-refractivity contribution in [2.75, 3.05) is 0 Å². The summed E-state index contributed by atoms with van der Waals surface area (Å²) in [6, 6.07) is 5.95.